The summed E-state index contributed by atoms with van der Waals surface area (Å²) in [6.07, 6.45) is 0.980. The lowest BCUT2D eigenvalue weighted by molar-refractivity contribution is -0.119. The van der Waals surface area contributed by atoms with Gasteiger partial charge < -0.3 is 10.1 Å². The van der Waals surface area contributed by atoms with Crippen LogP contribution in [-0.2, 0) is 26.1 Å². The van der Waals surface area contributed by atoms with Gasteiger partial charge in [0.25, 0.3) is 0 Å². The third kappa shape index (κ3) is 5.55. The zero-order valence-electron chi connectivity index (χ0n) is 15.4. The topological polar surface area (TPSA) is 92.8 Å². The molecule has 7 nitrogen and oxygen atoms in total. The molecule has 8 heteroatoms. The van der Waals surface area contributed by atoms with E-state index in [4.69, 9.17) is 4.74 Å². The number of aryl methyl sites for hydroxylation is 1. The van der Waals surface area contributed by atoms with Crippen LogP contribution in [0.15, 0.2) is 48.5 Å². The van der Waals surface area contributed by atoms with Crippen molar-refractivity contribution in [3.05, 3.63) is 65.2 Å². The van der Waals surface area contributed by atoms with Crippen molar-refractivity contribution in [1.29, 1.82) is 0 Å². The van der Waals surface area contributed by atoms with Crippen molar-refractivity contribution >= 4 is 27.6 Å². The Kier molecular flexibility index (Phi) is 6.57. The van der Waals surface area contributed by atoms with Gasteiger partial charge in [0.1, 0.15) is 6.54 Å². The average molecular weight is 390 g/mol. The Labute approximate surface area is 159 Å². The molecule has 0 fully saturated rings. The average Bonchev–Trinajstić information content (AvgIpc) is 2.64. The lowest BCUT2D eigenvalue weighted by Gasteiger charge is -2.23. The zero-order valence-corrected chi connectivity index (χ0v) is 16.2. The molecule has 144 valence electrons. The van der Waals surface area contributed by atoms with Crippen molar-refractivity contribution in [2.45, 2.75) is 13.5 Å². The molecule has 0 aromatic heterocycles. The van der Waals surface area contributed by atoms with Gasteiger partial charge in [-0.3, -0.25) is 9.10 Å². The third-order valence-corrected chi connectivity index (χ3v) is 5.00. The summed E-state index contributed by atoms with van der Waals surface area (Å²) >= 11 is 0. The molecule has 0 radical (unpaired) electrons. The minimum absolute atomic E-state index is 0.0664. The molecule has 0 aliphatic heterocycles. The number of methoxy groups -OCH3 is 1. The van der Waals surface area contributed by atoms with E-state index >= 15 is 0 Å². The molecule has 2 rings (SSSR count). The maximum Gasteiger partial charge on any atom is 0.340 e. The summed E-state index contributed by atoms with van der Waals surface area (Å²) in [5, 5.41) is 2.69. The summed E-state index contributed by atoms with van der Waals surface area (Å²) in [5.74, 6) is -1.17. The molecule has 2 aromatic rings. The molecule has 0 saturated carbocycles. The lowest BCUT2D eigenvalue weighted by atomic mass is 10.1. The molecule has 0 heterocycles. The Hall–Kier alpha value is -2.87. The Morgan fingerprint density at radius 2 is 1.70 bits per heavy atom. The van der Waals surface area contributed by atoms with Crippen molar-refractivity contribution in [2.75, 3.05) is 24.2 Å². The summed E-state index contributed by atoms with van der Waals surface area (Å²) in [6, 6.07) is 13.7. The first-order valence-corrected chi connectivity index (χ1v) is 10.0. The van der Waals surface area contributed by atoms with Gasteiger partial charge in [0.2, 0.25) is 15.9 Å². The van der Waals surface area contributed by atoms with E-state index < -0.39 is 28.4 Å². The second kappa shape index (κ2) is 8.68. The summed E-state index contributed by atoms with van der Waals surface area (Å²) < 4.78 is 30.1. The summed E-state index contributed by atoms with van der Waals surface area (Å²) in [4.78, 5) is 24.3. The van der Waals surface area contributed by atoms with Crippen LogP contribution in [0.5, 0.6) is 0 Å². The van der Waals surface area contributed by atoms with Crippen molar-refractivity contribution in [1.82, 2.24) is 5.32 Å². The van der Waals surface area contributed by atoms with Crippen LogP contribution in [0.1, 0.15) is 21.5 Å². The first-order valence-electron chi connectivity index (χ1n) is 8.19. The fourth-order valence-corrected chi connectivity index (χ4v) is 3.32. The fraction of sp³-hybridized carbons (Fsp3) is 0.263. The largest absolute Gasteiger partial charge is 0.465 e. The standard InChI is InChI=1S/C19H22N2O5S/c1-14-8-10-15(11-9-14)12-20-18(22)13-21(27(3,24)25)17-7-5-4-6-16(17)19(23)26-2/h4-11H,12-13H2,1-3H3,(H,20,22). The third-order valence-electron chi connectivity index (χ3n) is 3.88. The van der Waals surface area contributed by atoms with E-state index in [1.165, 1.54) is 19.2 Å². The zero-order chi connectivity index (χ0) is 20.0. The number of ether oxygens (including phenoxy) is 1. The maximum absolute atomic E-state index is 12.3. The monoisotopic (exact) mass is 390 g/mol. The van der Waals surface area contributed by atoms with Crippen molar-refractivity contribution in [3.8, 4) is 0 Å². The van der Waals surface area contributed by atoms with Crippen LogP contribution in [0.4, 0.5) is 5.69 Å². The number of nitrogens with one attached hydrogen (secondary N) is 1. The number of esters is 1. The van der Waals surface area contributed by atoms with Gasteiger partial charge in [-0.05, 0) is 24.6 Å². The predicted octanol–water partition coefficient (Wildman–Crippen LogP) is 1.86. The number of nitrogens with zero attached hydrogens (tertiary/aromatic N) is 1. The van der Waals surface area contributed by atoms with Crippen LogP contribution >= 0.6 is 0 Å². The molecule has 0 spiro atoms. The lowest BCUT2D eigenvalue weighted by Crippen LogP contribution is -2.40. The number of carbonyl (C=O) groups is 2. The molecule has 0 unspecified atom stereocenters. The number of carbonyl (C=O) groups excluding carboxylic acids is 2. The first-order chi connectivity index (χ1) is 12.7. The van der Waals surface area contributed by atoms with Gasteiger partial charge in [-0.2, -0.15) is 0 Å². The minimum Gasteiger partial charge on any atom is -0.465 e. The van der Waals surface area contributed by atoms with Crippen LogP contribution in [0.2, 0.25) is 0 Å². The van der Waals surface area contributed by atoms with Gasteiger partial charge in [-0.25, -0.2) is 13.2 Å². The van der Waals surface area contributed by atoms with Gasteiger partial charge in [-0.1, -0.05) is 42.0 Å². The van der Waals surface area contributed by atoms with Gasteiger partial charge in [0, 0.05) is 6.54 Å². The number of amides is 1. The van der Waals surface area contributed by atoms with E-state index in [-0.39, 0.29) is 17.8 Å². The molecule has 0 atom stereocenters. The molecule has 27 heavy (non-hydrogen) atoms. The molecule has 0 aliphatic rings. The van der Waals surface area contributed by atoms with Crippen LogP contribution in [-0.4, -0.2) is 40.2 Å². The van der Waals surface area contributed by atoms with Crippen molar-refractivity contribution < 1.29 is 22.7 Å². The van der Waals surface area contributed by atoms with Gasteiger partial charge >= 0.3 is 5.97 Å². The molecule has 0 saturated heterocycles. The SMILES string of the molecule is COC(=O)c1ccccc1N(CC(=O)NCc1ccc(C)cc1)S(C)(=O)=O. The van der Waals surface area contributed by atoms with E-state index in [2.05, 4.69) is 5.32 Å². The Morgan fingerprint density at radius 1 is 1.07 bits per heavy atom. The van der Waals surface area contributed by atoms with E-state index in [1.807, 2.05) is 31.2 Å². The number of hydrogen-bond donors (Lipinski definition) is 1. The van der Waals surface area contributed by atoms with Crippen molar-refractivity contribution in [3.63, 3.8) is 0 Å². The normalized spacial score (nSPS) is 10.9. The Morgan fingerprint density at radius 3 is 2.30 bits per heavy atom. The van der Waals surface area contributed by atoms with Gasteiger partial charge in [0.15, 0.2) is 0 Å². The van der Waals surface area contributed by atoms with E-state index in [0.717, 1.165) is 21.7 Å². The Bertz CT molecular complexity index is 923. The highest BCUT2D eigenvalue weighted by molar-refractivity contribution is 7.92. The molecule has 2 aromatic carbocycles. The van der Waals surface area contributed by atoms with E-state index in [9.17, 15) is 18.0 Å². The molecule has 0 bridgehead atoms. The summed E-state index contributed by atoms with van der Waals surface area (Å²) in [6.45, 7) is 1.79. The molecular weight excluding hydrogens is 368 g/mol. The smallest absolute Gasteiger partial charge is 0.340 e. The number of rotatable bonds is 7. The fourth-order valence-electron chi connectivity index (χ4n) is 2.45. The number of hydrogen-bond acceptors (Lipinski definition) is 5. The quantitative estimate of drug-likeness (QED) is 0.729. The second-order valence-electron chi connectivity index (χ2n) is 6.04. The number of anilines is 1. The summed E-state index contributed by atoms with van der Waals surface area (Å²) in [5.41, 5.74) is 2.16. The second-order valence-corrected chi connectivity index (χ2v) is 7.95. The molecular formula is C19H22N2O5S. The highest BCUT2D eigenvalue weighted by Crippen LogP contribution is 2.23. The van der Waals surface area contributed by atoms with Crippen LogP contribution < -0.4 is 9.62 Å². The maximum atomic E-state index is 12.3. The number of para-hydroxylation sites is 1. The molecule has 0 aliphatic carbocycles. The van der Waals surface area contributed by atoms with Crippen LogP contribution in [0.3, 0.4) is 0 Å². The highest BCUT2D eigenvalue weighted by atomic mass is 32.2. The molecule has 1 amide bonds. The Balaban J connectivity index is 2.19. The van der Waals surface area contributed by atoms with Gasteiger partial charge in [0.05, 0.1) is 24.6 Å². The van der Waals surface area contributed by atoms with E-state index in [1.54, 1.807) is 12.1 Å². The first kappa shape index (κ1) is 20.4. The minimum atomic E-state index is -3.80. The van der Waals surface area contributed by atoms with Gasteiger partial charge in [-0.15, -0.1) is 0 Å². The number of sulfonamides is 1. The van der Waals surface area contributed by atoms with Crippen molar-refractivity contribution in [2.24, 2.45) is 0 Å². The predicted molar refractivity (Wildman–Crippen MR) is 103 cm³/mol. The summed E-state index contributed by atoms with van der Waals surface area (Å²) in [7, 11) is -2.59. The van der Waals surface area contributed by atoms with Crippen LogP contribution in [0.25, 0.3) is 0 Å². The highest BCUT2D eigenvalue weighted by Gasteiger charge is 2.25. The van der Waals surface area contributed by atoms with E-state index in [0.29, 0.717) is 0 Å². The number of benzene rings is 2. The molecule has 1 N–H and O–H groups in total. The van der Waals surface area contributed by atoms with Crippen LogP contribution in [0, 0.1) is 6.92 Å².